The van der Waals surface area contributed by atoms with E-state index >= 15 is 0 Å². The Kier molecular flexibility index (Phi) is 5.23. The van der Waals surface area contributed by atoms with Crippen molar-refractivity contribution in [2.24, 2.45) is 5.92 Å². The molecular weight excluding hydrogens is 342 g/mol. The van der Waals surface area contributed by atoms with Crippen LogP contribution in [0, 0.1) is 5.92 Å². The van der Waals surface area contributed by atoms with Crippen LogP contribution in [0.4, 0.5) is 0 Å². The molecule has 2 aliphatic rings. The zero-order valence-corrected chi connectivity index (χ0v) is 15.8. The number of carboxylic acid groups (broad SMARTS) is 1. The van der Waals surface area contributed by atoms with Crippen molar-refractivity contribution in [2.75, 3.05) is 13.1 Å². The van der Waals surface area contributed by atoms with Crippen LogP contribution in [0.3, 0.4) is 0 Å². The third-order valence-corrected chi connectivity index (χ3v) is 6.83. The van der Waals surface area contributed by atoms with E-state index in [-0.39, 0.29) is 0 Å². The van der Waals surface area contributed by atoms with Crippen LogP contribution in [-0.2, 0) is 0 Å². The van der Waals surface area contributed by atoms with Crippen LogP contribution in [0.25, 0.3) is 16.0 Å². The van der Waals surface area contributed by atoms with Gasteiger partial charge in [0.2, 0.25) is 0 Å². The average molecular weight is 368 g/mol. The Morgan fingerprint density at radius 2 is 1.88 bits per heavy atom. The monoisotopic (exact) mass is 367 g/mol. The Bertz CT molecular complexity index is 816. The first kappa shape index (κ1) is 17.5. The first-order valence-electron chi connectivity index (χ1n) is 9.59. The summed E-state index contributed by atoms with van der Waals surface area (Å²) in [7, 11) is 0. The lowest BCUT2D eigenvalue weighted by Crippen LogP contribution is -2.29. The molecule has 2 aromatic rings. The number of hydrogen-bond donors (Lipinski definition) is 2. The molecule has 1 aliphatic heterocycles. The summed E-state index contributed by atoms with van der Waals surface area (Å²) in [5.74, 6) is -0.186. The van der Waals surface area contributed by atoms with Gasteiger partial charge >= 0.3 is 5.97 Å². The number of nitrogens with one attached hydrogen (secondary N) is 1. The second-order valence-electron chi connectivity index (χ2n) is 7.29. The molecule has 0 spiro atoms. The van der Waals surface area contributed by atoms with Crippen LogP contribution < -0.4 is 5.32 Å². The van der Waals surface area contributed by atoms with Crippen LogP contribution in [0.15, 0.2) is 42.0 Å². The number of carboxylic acids is 1. The summed E-state index contributed by atoms with van der Waals surface area (Å²) in [6.45, 7) is 1.84. The molecule has 1 aromatic heterocycles. The number of aromatic carboxylic acids is 1. The maximum absolute atomic E-state index is 12.0. The lowest BCUT2D eigenvalue weighted by atomic mass is 9.78. The molecule has 1 aromatic carbocycles. The molecule has 0 unspecified atom stereocenters. The minimum Gasteiger partial charge on any atom is -0.477 e. The van der Waals surface area contributed by atoms with Gasteiger partial charge in [0.05, 0.1) is 0 Å². The second kappa shape index (κ2) is 7.77. The molecule has 1 fully saturated rings. The smallest absolute Gasteiger partial charge is 0.346 e. The van der Waals surface area contributed by atoms with Crippen molar-refractivity contribution < 1.29 is 9.90 Å². The third-order valence-electron chi connectivity index (χ3n) is 5.66. The summed E-state index contributed by atoms with van der Waals surface area (Å²) < 4.78 is 0. The summed E-state index contributed by atoms with van der Waals surface area (Å²) in [5.41, 5.74) is 4.82. The summed E-state index contributed by atoms with van der Waals surface area (Å²) in [6, 6.07) is 12.2. The Morgan fingerprint density at radius 3 is 2.62 bits per heavy atom. The van der Waals surface area contributed by atoms with Gasteiger partial charge in [-0.3, -0.25) is 0 Å². The van der Waals surface area contributed by atoms with Gasteiger partial charge in [0.25, 0.3) is 0 Å². The van der Waals surface area contributed by atoms with Crippen LogP contribution in [0.1, 0.15) is 53.8 Å². The fraction of sp³-hybridized carbons (Fsp3) is 0.409. The lowest BCUT2D eigenvalue weighted by molar-refractivity contribution is 0.0702. The van der Waals surface area contributed by atoms with E-state index in [9.17, 15) is 9.90 Å². The molecule has 0 bridgehead atoms. The molecule has 26 heavy (non-hydrogen) atoms. The highest BCUT2D eigenvalue weighted by Gasteiger charge is 2.27. The van der Waals surface area contributed by atoms with Gasteiger partial charge < -0.3 is 10.4 Å². The van der Waals surface area contributed by atoms with Gasteiger partial charge in [0.1, 0.15) is 4.88 Å². The van der Waals surface area contributed by atoms with Crippen molar-refractivity contribution in [3.63, 3.8) is 0 Å². The van der Waals surface area contributed by atoms with E-state index in [1.807, 2.05) is 18.2 Å². The van der Waals surface area contributed by atoms with Crippen molar-refractivity contribution >= 4 is 22.9 Å². The molecule has 2 N–H and O–H groups in total. The fourth-order valence-corrected chi connectivity index (χ4v) is 5.40. The molecule has 0 radical (unpaired) electrons. The fourth-order valence-electron chi connectivity index (χ4n) is 4.37. The van der Waals surface area contributed by atoms with E-state index in [1.54, 1.807) is 0 Å². The van der Waals surface area contributed by atoms with Crippen LogP contribution in [0.2, 0.25) is 0 Å². The molecule has 4 rings (SSSR count). The Labute approximate surface area is 158 Å². The number of thiophene rings is 1. The average Bonchev–Trinajstić information content (AvgIpc) is 3.15. The molecule has 0 atom stereocenters. The molecule has 0 amide bonds. The molecular formula is C22H25NO2S. The summed E-state index contributed by atoms with van der Waals surface area (Å²) in [6.07, 6.45) is 7.36. The van der Waals surface area contributed by atoms with Crippen molar-refractivity contribution in [3.8, 4) is 10.4 Å². The minimum absolute atomic E-state index is 0.495. The first-order chi connectivity index (χ1) is 12.7. The number of hydrogen-bond acceptors (Lipinski definition) is 3. The van der Waals surface area contributed by atoms with Crippen LogP contribution >= 0.6 is 11.3 Å². The number of rotatable bonds is 4. The molecule has 2 heterocycles. The summed E-state index contributed by atoms with van der Waals surface area (Å²) >= 11 is 1.41. The van der Waals surface area contributed by atoms with Crippen LogP contribution in [0.5, 0.6) is 0 Å². The minimum atomic E-state index is -0.804. The second-order valence-corrected chi connectivity index (χ2v) is 8.34. The zero-order chi connectivity index (χ0) is 17.9. The molecule has 3 nitrogen and oxygen atoms in total. The first-order valence-corrected chi connectivity index (χ1v) is 10.4. The van der Waals surface area contributed by atoms with Crippen molar-refractivity contribution in [2.45, 2.75) is 38.5 Å². The van der Waals surface area contributed by atoms with Gasteiger partial charge in [-0.05, 0) is 54.5 Å². The predicted molar refractivity (Wildman–Crippen MR) is 108 cm³/mol. The van der Waals surface area contributed by atoms with Gasteiger partial charge in [-0.1, -0.05) is 49.6 Å². The maximum atomic E-state index is 12.0. The van der Waals surface area contributed by atoms with Gasteiger partial charge in [-0.2, -0.15) is 0 Å². The SMILES string of the molecule is O=C(O)c1sc(-c2ccccc2)cc1C1=C(C2CCCCC2)CNCC1. The Balaban J connectivity index is 1.80. The zero-order valence-electron chi connectivity index (χ0n) is 15.0. The van der Waals surface area contributed by atoms with E-state index in [4.69, 9.17) is 0 Å². The van der Waals surface area contributed by atoms with Crippen molar-refractivity contribution in [1.29, 1.82) is 0 Å². The van der Waals surface area contributed by atoms with Crippen LogP contribution in [-0.4, -0.2) is 24.2 Å². The molecule has 0 saturated heterocycles. The quantitative estimate of drug-likeness (QED) is 0.756. The molecule has 4 heteroatoms. The molecule has 1 saturated carbocycles. The van der Waals surface area contributed by atoms with Crippen molar-refractivity contribution in [1.82, 2.24) is 5.32 Å². The highest BCUT2D eigenvalue weighted by Crippen LogP contribution is 2.41. The normalized spacial score (nSPS) is 18.9. The standard InChI is InChI=1S/C22H25NO2S/c24-22(25)21-18(13-20(26-21)16-9-5-2-6-10-16)17-11-12-23-14-19(17)15-7-3-1-4-8-15/h2,5-6,9-10,13,15,23H,1,3-4,7-8,11-12,14H2,(H,24,25). The number of benzene rings is 1. The van der Waals surface area contributed by atoms with Gasteiger partial charge in [-0.15, -0.1) is 11.3 Å². The van der Waals surface area contributed by atoms with E-state index in [2.05, 4.69) is 23.5 Å². The molecule has 1 aliphatic carbocycles. The van der Waals surface area contributed by atoms with Gasteiger partial charge in [0.15, 0.2) is 0 Å². The molecule has 136 valence electrons. The number of carbonyl (C=O) groups is 1. The highest BCUT2D eigenvalue weighted by molar-refractivity contribution is 7.17. The summed E-state index contributed by atoms with van der Waals surface area (Å²) in [5, 5.41) is 13.3. The van der Waals surface area contributed by atoms with E-state index in [0.717, 1.165) is 35.5 Å². The predicted octanol–water partition coefficient (Wildman–Crippen LogP) is 5.44. The van der Waals surface area contributed by atoms with Crippen molar-refractivity contribution in [3.05, 3.63) is 52.4 Å². The van der Waals surface area contributed by atoms with E-state index in [0.29, 0.717) is 10.8 Å². The van der Waals surface area contributed by atoms with Gasteiger partial charge in [0, 0.05) is 17.0 Å². The third kappa shape index (κ3) is 3.49. The maximum Gasteiger partial charge on any atom is 0.346 e. The van der Waals surface area contributed by atoms with Gasteiger partial charge in [-0.25, -0.2) is 4.79 Å². The van der Waals surface area contributed by atoms with E-state index in [1.165, 1.54) is 54.6 Å². The Hall–Kier alpha value is -1.91. The Morgan fingerprint density at radius 1 is 1.12 bits per heavy atom. The highest BCUT2D eigenvalue weighted by atomic mass is 32.1. The largest absolute Gasteiger partial charge is 0.477 e. The summed E-state index contributed by atoms with van der Waals surface area (Å²) in [4.78, 5) is 13.5. The van der Waals surface area contributed by atoms with E-state index < -0.39 is 5.97 Å². The lowest BCUT2D eigenvalue weighted by Gasteiger charge is -2.30. The topological polar surface area (TPSA) is 49.3 Å².